The normalized spacial score (nSPS) is 15.5. The maximum atomic E-state index is 12.0. The van der Waals surface area contributed by atoms with Crippen LogP contribution >= 0.6 is 34.8 Å². The molecule has 0 bridgehead atoms. The highest BCUT2D eigenvalue weighted by Gasteiger charge is 2.21. The lowest BCUT2D eigenvalue weighted by atomic mass is 10.2. The van der Waals surface area contributed by atoms with Gasteiger partial charge in [-0.3, -0.25) is 10.1 Å². The third-order valence-corrected chi connectivity index (χ3v) is 3.96. The SMILES string of the molecule is O=C1NC(Nc2cccc(Cl)c2)=N/C1=C\c1c(Cl)cccc1Cl. The molecule has 0 unspecified atom stereocenters. The van der Waals surface area contributed by atoms with E-state index in [4.69, 9.17) is 34.8 Å². The maximum Gasteiger partial charge on any atom is 0.276 e. The zero-order valence-corrected chi connectivity index (χ0v) is 13.9. The molecular formula is C16H10Cl3N3O. The summed E-state index contributed by atoms with van der Waals surface area (Å²) in [7, 11) is 0. The van der Waals surface area contributed by atoms with Crippen LogP contribution < -0.4 is 10.6 Å². The molecule has 23 heavy (non-hydrogen) atoms. The summed E-state index contributed by atoms with van der Waals surface area (Å²) in [5, 5.41) is 7.10. The summed E-state index contributed by atoms with van der Waals surface area (Å²) in [6.07, 6.45) is 1.55. The monoisotopic (exact) mass is 365 g/mol. The van der Waals surface area contributed by atoms with E-state index in [-0.39, 0.29) is 11.6 Å². The number of halogens is 3. The molecule has 4 nitrogen and oxygen atoms in total. The fourth-order valence-corrected chi connectivity index (χ4v) is 2.71. The van der Waals surface area contributed by atoms with Crippen molar-refractivity contribution in [3.8, 4) is 0 Å². The van der Waals surface area contributed by atoms with Crippen molar-refractivity contribution in [1.82, 2.24) is 5.32 Å². The van der Waals surface area contributed by atoms with E-state index >= 15 is 0 Å². The summed E-state index contributed by atoms with van der Waals surface area (Å²) in [6, 6.07) is 12.2. The van der Waals surface area contributed by atoms with Gasteiger partial charge in [0.1, 0.15) is 5.70 Å². The molecule has 0 aliphatic carbocycles. The molecule has 0 fully saturated rings. The topological polar surface area (TPSA) is 53.5 Å². The number of amides is 1. The molecule has 7 heteroatoms. The van der Waals surface area contributed by atoms with Gasteiger partial charge in [0.15, 0.2) is 0 Å². The summed E-state index contributed by atoms with van der Waals surface area (Å²) < 4.78 is 0. The maximum absolute atomic E-state index is 12.0. The number of rotatable bonds is 2. The van der Waals surface area contributed by atoms with Crippen molar-refractivity contribution >= 4 is 58.4 Å². The second-order valence-electron chi connectivity index (χ2n) is 4.71. The number of carbonyl (C=O) groups is 1. The largest absolute Gasteiger partial charge is 0.326 e. The van der Waals surface area contributed by atoms with E-state index in [0.29, 0.717) is 32.3 Å². The molecule has 1 aliphatic rings. The summed E-state index contributed by atoms with van der Waals surface area (Å²) in [4.78, 5) is 16.2. The van der Waals surface area contributed by atoms with Crippen LogP contribution in [0.1, 0.15) is 5.56 Å². The van der Waals surface area contributed by atoms with Gasteiger partial charge in [0.25, 0.3) is 5.91 Å². The molecular weight excluding hydrogens is 357 g/mol. The summed E-state index contributed by atoms with van der Waals surface area (Å²) in [6.45, 7) is 0. The van der Waals surface area contributed by atoms with E-state index in [1.807, 2.05) is 6.07 Å². The Balaban J connectivity index is 1.88. The van der Waals surface area contributed by atoms with Crippen LogP contribution in [-0.4, -0.2) is 11.9 Å². The summed E-state index contributed by atoms with van der Waals surface area (Å²) in [5.41, 5.74) is 1.48. The van der Waals surface area contributed by atoms with Gasteiger partial charge in [-0.25, -0.2) is 4.99 Å². The number of nitrogens with zero attached hydrogens (tertiary/aromatic N) is 1. The van der Waals surface area contributed by atoms with E-state index < -0.39 is 0 Å². The van der Waals surface area contributed by atoms with Gasteiger partial charge in [-0.15, -0.1) is 0 Å². The number of aliphatic imine (C=N–C) groups is 1. The van der Waals surface area contributed by atoms with Gasteiger partial charge < -0.3 is 5.32 Å². The average molecular weight is 367 g/mol. The van der Waals surface area contributed by atoms with E-state index in [2.05, 4.69) is 15.6 Å². The molecule has 2 aromatic carbocycles. The molecule has 0 radical (unpaired) electrons. The Hall–Kier alpha value is -2.01. The predicted molar refractivity (Wildman–Crippen MR) is 95.1 cm³/mol. The predicted octanol–water partition coefficient (Wildman–Crippen LogP) is 4.59. The van der Waals surface area contributed by atoms with Crippen LogP contribution in [-0.2, 0) is 4.79 Å². The third kappa shape index (κ3) is 3.67. The fourth-order valence-electron chi connectivity index (χ4n) is 2.02. The highest BCUT2D eigenvalue weighted by molar-refractivity contribution is 6.37. The van der Waals surface area contributed by atoms with Crippen molar-refractivity contribution in [2.45, 2.75) is 0 Å². The van der Waals surface area contributed by atoms with Crippen LogP contribution in [0, 0.1) is 0 Å². The summed E-state index contributed by atoms with van der Waals surface area (Å²) >= 11 is 18.1. The second-order valence-corrected chi connectivity index (χ2v) is 5.97. The van der Waals surface area contributed by atoms with Gasteiger partial charge in [-0.05, 0) is 36.4 Å². The van der Waals surface area contributed by atoms with Gasteiger partial charge in [0.2, 0.25) is 5.96 Å². The molecule has 1 aliphatic heterocycles. The Morgan fingerprint density at radius 3 is 2.43 bits per heavy atom. The lowest BCUT2D eigenvalue weighted by Crippen LogP contribution is -2.29. The number of benzene rings is 2. The van der Waals surface area contributed by atoms with E-state index in [9.17, 15) is 4.79 Å². The van der Waals surface area contributed by atoms with E-state index in [1.54, 1.807) is 42.5 Å². The number of carbonyl (C=O) groups excluding carboxylic acids is 1. The minimum absolute atomic E-state index is 0.213. The quantitative estimate of drug-likeness (QED) is 0.764. The summed E-state index contributed by atoms with van der Waals surface area (Å²) in [5.74, 6) is -0.0304. The number of hydrogen-bond donors (Lipinski definition) is 2. The van der Waals surface area contributed by atoms with Gasteiger partial charge in [-0.2, -0.15) is 0 Å². The Morgan fingerprint density at radius 1 is 1.04 bits per heavy atom. The minimum Gasteiger partial charge on any atom is -0.326 e. The van der Waals surface area contributed by atoms with E-state index in [1.165, 1.54) is 0 Å². The van der Waals surface area contributed by atoms with Gasteiger partial charge >= 0.3 is 0 Å². The Labute approximate surface area is 147 Å². The Bertz CT molecular complexity index is 826. The number of nitrogens with one attached hydrogen (secondary N) is 2. The fraction of sp³-hybridized carbons (Fsp3) is 0. The molecule has 1 heterocycles. The Morgan fingerprint density at radius 2 is 1.74 bits per heavy atom. The molecule has 0 saturated carbocycles. The second kappa shape index (κ2) is 6.62. The first kappa shape index (κ1) is 15.9. The highest BCUT2D eigenvalue weighted by atomic mass is 35.5. The number of hydrogen-bond acceptors (Lipinski definition) is 3. The molecule has 116 valence electrons. The lowest BCUT2D eigenvalue weighted by Gasteiger charge is -2.04. The molecule has 0 saturated heterocycles. The molecule has 3 rings (SSSR count). The minimum atomic E-state index is -0.342. The van der Waals surface area contributed by atoms with Crippen LogP contribution in [0.25, 0.3) is 6.08 Å². The zero-order valence-electron chi connectivity index (χ0n) is 11.6. The van der Waals surface area contributed by atoms with Crippen LogP contribution in [0.4, 0.5) is 5.69 Å². The van der Waals surface area contributed by atoms with Gasteiger partial charge in [0, 0.05) is 26.3 Å². The highest BCUT2D eigenvalue weighted by Crippen LogP contribution is 2.27. The average Bonchev–Trinajstić information content (AvgIpc) is 2.83. The van der Waals surface area contributed by atoms with Crippen LogP contribution in [0.3, 0.4) is 0 Å². The first-order valence-electron chi connectivity index (χ1n) is 6.61. The number of anilines is 1. The van der Waals surface area contributed by atoms with Crippen LogP contribution in [0.2, 0.25) is 15.1 Å². The standard InChI is InChI=1S/C16H10Cl3N3O/c17-9-3-1-4-10(7-9)20-16-21-14(15(23)22-16)8-11-12(18)5-2-6-13(11)19/h1-8H,(H2,20,21,22,23)/b14-8-. The molecule has 2 N–H and O–H groups in total. The van der Waals surface area contributed by atoms with Crippen molar-refractivity contribution in [3.05, 3.63) is 68.8 Å². The first-order valence-corrected chi connectivity index (χ1v) is 7.74. The number of guanidine groups is 1. The smallest absolute Gasteiger partial charge is 0.276 e. The van der Waals surface area contributed by atoms with Crippen molar-refractivity contribution in [1.29, 1.82) is 0 Å². The molecule has 2 aromatic rings. The van der Waals surface area contributed by atoms with Crippen molar-refractivity contribution in [2.24, 2.45) is 4.99 Å². The third-order valence-electron chi connectivity index (χ3n) is 3.06. The molecule has 0 spiro atoms. The van der Waals surface area contributed by atoms with Crippen molar-refractivity contribution in [3.63, 3.8) is 0 Å². The van der Waals surface area contributed by atoms with Crippen LogP contribution in [0.15, 0.2) is 53.2 Å². The van der Waals surface area contributed by atoms with Crippen molar-refractivity contribution in [2.75, 3.05) is 5.32 Å². The Kier molecular flexibility index (Phi) is 4.57. The lowest BCUT2D eigenvalue weighted by molar-refractivity contribution is -0.115. The zero-order chi connectivity index (χ0) is 16.4. The molecule has 0 aromatic heterocycles. The van der Waals surface area contributed by atoms with E-state index in [0.717, 1.165) is 0 Å². The van der Waals surface area contributed by atoms with Gasteiger partial charge in [-0.1, -0.05) is 46.9 Å². The molecule has 1 amide bonds. The van der Waals surface area contributed by atoms with Crippen molar-refractivity contribution < 1.29 is 4.79 Å². The molecule has 0 atom stereocenters. The first-order chi connectivity index (χ1) is 11.0. The van der Waals surface area contributed by atoms with Gasteiger partial charge in [0.05, 0.1) is 0 Å². The van der Waals surface area contributed by atoms with Crippen LogP contribution in [0.5, 0.6) is 0 Å².